The number of aliphatic imine (C=N–C) groups is 1. The van der Waals surface area contributed by atoms with E-state index in [2.05, 4.69) is 23.1 Å². The molecule has 3 heteroatoms. The molecule has 0 unspecified atom stereocenters. The predicted molar refractivity (Wildman–Crippen MR) is 58.9 cm³/mol. The predicted octanol–water partition coefficient (Wildman–Crippen LogP) is 2.22. The number of hydrogen-bond acceptors (Lipinski definition) is 3. The molecule has 1 aromatic rings. The average Bonchev–Trinajstić information content (AvgIpc) is 2.26. The van der Waals surface area contributed by atoms with Crippen LogP contribution in [-0.2, 0) is 0 Å². The van der Waals surface area contributed by atoms with E-state index >= 15 is 0 Å². The maximum absolute atomic E-state index is 7.78. The van der Waals surface area contributed by atoms with Crippen molar-refractivity contribution in [3.05, 3.63) is 55.5 Å². The lowest BCUT2D eigenvalue weighted by molar-refractivity contribution is 1.28. The van der Waals surface area contributed by atoms with Gasteiger partial charge in [0.25, 0.3) is 0 Å². The van der Waals surface area contributed by atoms with E-state index < -0.39 is 0 Å². The normalized spacial score (nSPS) is 10.7. The molecule has 1 N–H and O–H groups in total. The van der Waals surface area contributed by atoms with Crippen LogP contribution < -0.4 is 0 Å². The number of pyridine rings is 1. The quantitative estimate of drug-likeness (QED) is 0.718. The Labute approximate surface area is 83.0 Å². The number of aromatic nitrogens is 1. The summed E-state index contributed by atoms with van der Waals surface area (Å²) < 4.78 is 0. The first kappa shape index (κ1) is 10.1. The molecule has 0 aliphatic carbocycles. The molecule has 0 radical (unpaired) electrons. The molecule has 0 bridgehead atoms. The van der Waals surface area contributed by atoms with Crippen LogP contribution in [0.2, 0.25) is 0 Å². The highest BCUT2D eigenvalue weighted by Crippen LogP contribution is 1.98. The van der Waals surface area contributed by atoms with E-state index in [1.165, 1.54) is 12.3 Å². The molecule has 0 atom stereocenters. The van der Waals surface area contributed by atoms with E-state index in [1.54, 1.807) is 18.3 Å². The molecule has 0 saturated heterocycles. The van der Waals surface area contributed by atoms with E-state index in [9.17, 15) is 0 Å². The third kappa shape index (κ3) is 2.23. The smallest absolute Gasteiger partial charge is 0.105 e. The van der Waals surface area contributed by atoms with Gasteiger partial charge in [0.05, 0.1) is 11.4 Å². The van der Waals surface area contributed by atoms with E-state index in [0.29, 0.717) is 11.4 Å². The number of nitrogens with one attached hydrogen (secondary N) is 1. The molecule has 1 heterocycles. The lowest BCUT2D eigenvalue weighted by atomic mass is 10.1. The Morgan fingerprint density at radius 3 is 2.71 bits per heavy atom. The molecule has 0 amide bonds. The zero-order chi connectivity index (χ0) is 10.4. The van der Waals surface area contributed by atoms with Crippen LogP contribution in [0, 0.1) is 5.41 Å². The van der Waals surface area contributed by atoms with Gasteiger partial charge in [0.1, 0.15) is 5.71 Å². The molecule has 1 aromatic heterocycles. The molecule has 14 heavy (non-hydrogen) atoms. The number of rotatable bonds is 4. The van der Waals surface area contributed by atoms with Gasteiger partial charge in [-0.3, -0.25) is 15.4 Å². The van der Waals surface area contributed by atoms with Crippen molar-refractivity contribution in [2.24, 2.45) is 4.99 Å². The first-order valence-corrected chi connectivity index (χ1v) is 4.11. The Kier molecular flexibility index (Phi) is 3.49. The molecule has 0 spiro atoms. The lowest BCUT2D eigenvalue weighted by Crippen LogP contribution is -2.12. The second-order valence-electron chi connectivity index (χ2n) is 2.49. The highest BCUT2D eigenvalue weighted by Gasteiger charge is 2.05. The van der Waals surface area contributed by atoms with Crippen LogP contribution in [0.3, 0.4) is 0 Å². The van der Waals surface area contributed by atoms with Gasteiger partial charge in [-0.25, -0.2) is 0 Å². The fourth-order valence-corrected chi connectivity index (χ4v) is 0.960. The molecular weight excluding hydrogens is 174 g/mol. The zero-order valence-corrected chi connectivity index (χ0v) is 7.77. The van der Waals surface area contributed by atoms with Crippen LogP contribution in [-0.4, -0.2) is 16.4 Å². The summed E-state index contributed by atoms with van der Waals surface area (Å²) >= 11 is 0. The summed E-state index contributed by atoms with van der Waals surface area (Å²) in [7, 11) is 0. The number of allylic oxidation sites excluding steroid dienone is 1. The van der Waals surface area contributed by atoms with Gasteiger partial charge in [0, 0.05) is 12.4 Å². The van der Waals surface area contributed by atoms with Crippen molar-refractivity contribution in [1.82, 2.24) is 4.98 Å². The fourth-order valence-electron chi connectivity index (χ4n) is 0.960. The average molecular weight is 185 g/mol. The van der Waals surface area contributed by atoms with Crippen LogP contribution >= 0.6 is 0 Å². The molecule has 3 nitrogen and oxygen atoms in total. The fraction of sp³-hybridized carbons (Fsp3) is 0. The molecule has 0 fully saturated rings. The molecule has 0 aliphatic heterocycles. The topological polar surface area (TPSA) is 49.1 Å². The van der Waals surface area contributed by atoms with Crippen molar-refractivity contribution in [1.29, 1.82) is 5.41 Å². The molecule has 70 valence electrons. The highest BCUT2D eigenvalue weighted by molar-refractivity contribution is 6.50. The highest BCUT2D eigenvalue weighted by atomic mass is 14.8. The molecular formula is C11H11N3. The van der Waals surface area contributed by atoms with E-state index in [0.717, 1.165) is 0 Å². The SMILES string of the molecule is C=CN=C(C=C)C(=N)c1ccccn1. The van der Waals surface area contributed by atoms with Crippen LogP contribution in [0.4, 0.5) is 0 Å². The van der Waals surface area contributed by atoms with Gasteiger partial charge in [0.15, 0.2) is 0 Å². The van der Waals surface area contributed by atoms with Crippen molar-refractivity contribution in [3.8, 4) is 0 Å². The van der Waals surface area contributed by atoms with Crippen LogP contribution in [0.25, 0.3) is 0 Å². The summed E-state index contributed by atoms with van der Waals surface area (Å²) in [5, 5.41) is 7.78. The monoisotopic (exact) mass is 185 g/mol. The Morgan fingerprint density at radius 2 is 2.21 bits per heavy atom. The third-order valence-electron chi connectivity index (χ3n) is 1.60. The van der Waals surface area contributed by atoms with Gasteiger partial charge in [-0.2, -0.15) is 0 Å². The van der Waals surface area contributed by atoms with Gasteiger partial charge in [-0.05, 0) is 18.2 Å². The first-order chi connectivity index (χ1) is 6.79. The van der Waals surface area contributed by atoms with Gasteiger partial charge in [-0.15, -0.1) is 0 Å². The van der Waals surface area contributed by atoms with E-state index in [4.69, 9.17) is 5.41 Å². The van der Waals surface area contributed by atoms with Crippen molar-refractivity contribution >= 4 is 11.4 Å². The summed E-state index contributed by atoms with van der Waals surface area (Å²) in [6, 6.07) is 5.38. The Morgan fingerprint density at radius 1 is 1.43 bits per heavy atom. The van der Waals surface area contributed by atoms with Crippen molar-refractivity contribution in [2.45, 2.75) is 0 Å². The summed E-state index contributed by atoms with van der Waals surface area (Å²) in [6.07, 6.45) is 4.53. The zero-order valence-electron chi connectivity index (χ0n) is 7.77. The largest absolute Gasteiger partial charge is 0.296 e. The summed E-state index contributed by atoms with van der Waals surface area (Å²) in [6.45, 7) is 7.05. The second-order valence-corrected chi connectivity index (χ2v) is 2.49. The maximum Gasteiger partial charge on any atom is 0.105 e. The Hall–Kier alpha value is -2.03. The van der Waals surface area contributed by atoms with Crippen molar-refractivity contribution < 1.29 is 0 Å². The minimum absolute atomic E-state index is 0.250. The maximum atomic E-state index is 7.78. The number of nitrogens with zero attached hydrogens (tertiary/aromatic N) is 2. The summed E-state index contributed by atoms with van der Waals surface area (Å²) in [4.78, 5) is 7.96. The molecule has 1 rings (SSSR count). The van der Waals surface area contributed by atoms with Gasteiger partial charge in [0.2, 0.25) is 0 Å². The summed E-state index contributed by atoms with van der Waals surface area (Å²) in [5.74, 6) is 0. The first-order valence-electron chi connectivity index (χ1n) is 4.11. The van der Waals surface area contributed by atoms with Crippen molar-refractivity contribution in [2.75, 3.05) is 0 Å². The minimum atomic E-state index is 0.250. The number of hydrogen-bond donors (Lipinski definition) is 1. The molecule has 0 aliphatic rings. The van der Waals surface area contributed by atoms with Crippen LogP contribution in [0.5, 0.6) is 0 Å². The third-order valence-corrected chi connectivity index (χ3v) is 1.60. The van der Waals surface area contributed by atoms with E-state index in [1.807, 2.05) is 6.07 Å². The van der Waals surface area contributed by atoms with Gasteiger partial charge in [-0.1, -0.05) is 19.2 Å². The molecule has 0 aromatic carbocycles. The van der Waals surface area contributed by atoms with Crippen LogP contribution in [0.15, 0.2) is 54.8 Å². The minimum Gasteiger partial charge on any atom is -0.296 e. The van der Waals surface area contributed by atoms with Gasteiger partial charge >= 0.3 is 0 Å². The summed E-state index contributed by atoms with van der Waals surface area (Å²) in [5.41, 5.74) is 1.30. The van der Waals surface area contributed by atoms with E-state index in [-0.39, 0.29) is 5.71 Å². The van der Waals surface area contributed by atoms with Gasteiger partial charge < -0.3 is 0 Å². The standard InChI is InChI=1S/C11H11N3/c1-3-9(13-4-2)11(12)10-7-5-6-8-14-10/h3-8,12H,1-2H2. The Balaban J connectivity index is 3.01. The molecule has 0 saturated carbocycles. The Bertz CT molecular complexity index is 377. The van der Waals surface area contributed by atoms with Crippen molar-refractivity contribution in [3.63, 3.8) is 0 Å². The van der Waals surface area contributed by atoms with Crippen LogP contribution in [0.1, 0.15) is 5.69 Å². The second kappa shape index (κ2) is 4.87. The lowest BCUT2D eigenvalue weighted by Gasteiger charge is -2.01.